The highest BCUT2D eigenvalue weighted by Gasteiger charge is 2.30. The molecule has 3 rings (SSSR count). The first kappa shape index (κ1) is 26.5. The van der Waals surface area contributed by atoms with Gasteiger partial charge < -0.3 is 29.8 Å². The van der Waals surface area contributed by atoms with Gasteiger partial charge in [-0.1, -0.05) is 6.07 Å². The topological polar surface area (TPSA) is 161 Å². The number of nitrogens with zero attached hydrogens (tertiary/aromatic N) is 1. The molecule has 0 spiro atoms. The van der Waals surface area contributed by atoms with Gasteiger partial charge in [0, 0.05) is 31.7 Å². The number of imidazole rings is 1. The number of aromatic nitrogens is 2. The quantitative estimate of drug-likeness (QED) is 0.381. The summed E-state index contributed by atoms with van der Waals surface area (Å²) in [5.74, 6) is -0.532. The minimum Gasteiger partial charge on any atom is -0.478 e. The number of rotatable bonds is 9. The van der Waals surface area contributed by atoms with Crippen molar-refractivity contribution in [3.8, 4) is 5.75 Å². The summed E-state index contributed by atoms with van der Waals surface area (Å²) in [5.41, 5.74) is 0.351. The molecule has 0 saturated carbocycles. The van der Waals surface area contributed by atoms with Crippen molar-refractivity contribution >= 4 is 35.5 Å². The van der Waals surface area contributed by atoms with E-state index in [4.69, 9.17) is 14.2 Å². The fraction of sp³-hybridized carbons (Fsp3) is 0.458. The summed E-state index contributed by atoms with van der Waals surface area (Å²) in [6.45, 7) is 6.98. The smallest absolute Gasteiger partial charge is 0.408 e. The second kappa shape index (κ2) is 11.6. The van der Waals surface area contributed by atoms with E-state index in [1.807, 2.05) is 0 Å². The van der Waals surface area contributed by atoms with Crippen LogP contribution < -0.4 is 20.7 Å². The largest absolute Gasteiger partial charge is 0.478 e. The van der Waals surface area contributed by atoms with Crippen molar-refractivity contribution in [2.45, 2.75) is 64.7 Å². The number of aromatic amines is 1. The molecule has 36 heavy (non-hydrogen) atoms. The SMILES string of the molecule is CCOC(=O)[C@H](Cc1ccc2c(c1)NC(=O)[C@@H](CCC(=O)Nc1ncc[nH]1)O2)NC(=O)OC(C)(C)C. The van der Waals surface area contributed by atoms with Crippen molar-refractivity contribution in [2.75, 3.05) is 17.2 Å². The molecule has 4 N–H and O–H groups in total. The molecule has 12 nitrogen and oxygen atoms in total. The first-order valence-electron chi connectivity index (χ1n) is 11.6. The van der Waals surface area contributed by atoms with Gasteiger partial charge in [0.2, 0.25) is 11.9 Å². The second-order valence-corrected chi connectivity index (χ2v) is 9.11. The molecule has 0 aliphatic carbocycles. The number of amides is 3. The molecule has 0 bridgehead atoms. The van der Waals surface area contributed by atoms with Crippen LogP contribution in [0.5, 0.6) is 5.75 Å². The van der Waals surface area contributed by atoms with Gasteiger partial charge in [0.05, 0.1) is 12.3 Å². The summed E-state index contributed by atoms with van der Waals surface area (Å²) in [4.78, 5) is 56.0. The molecule has 1 aromatic heterocycles. The molecule has 2 heterocycles. The molecule has 3 amide bonds. The molecular weight excluding hydrogens is 470 g/mol. The number of anilines is 2. The van der Waals surface area contributed by atoms with Gasteiger partial charge in [-0.3, -0.25) is 14.9 Å². The van der Waals surface area contributed by atoms with Crippen LogP contribution in [0.15, 0.2) is 30.6 Å². The summed E-state index contributed by atoms with van der Waals surface area (Å²) in [5, 5.41) is 7.92. The van der Waals surface area contributed by atoms with Gasteiger partial charge in [-0.25, -0.2) is 14.6 Å². The lowest BCUT2D eigenvalue weighted by atomic mass is 10.0. The number of carbonyl (C=O) groups excluding carboxylic acids is 4. The van der Waals surface area contributed by atoms with Crippen molar-refractivity contribution in [2.24, 2.45) is 0 Å². The van der Waals surface area contributed by atoms with E-state index in [-0.39, 0.29) is 37.7 Å². The lowest BCUT2D eigenvalue weighted by molar-refractivity contribution is -0.145. The standard InChI is InChI=1S/C24H31N5O7/c1-5-34-21(32)16(28-23(33)36-24(2,3)4)13-14-6-7-17-15(12-14)27-20(31)18(35-17)8-9-19(30)29-22-25-10-11-26-22/h6-7,10-12,16,18H,5,8-9,13H2,1-4H3,(H,27,31)(H,28,33)(H2,25,26,29,30)/t16-,18+/m0/s1. The van der Waals surface area contributed by atoms with Crippen LogP contribution in [0.2, 0.25) is 0 Å². The van der Waals surface area contributed by atoms with E-state index >= 15 is 0 Å². The third-order valence-electron chi connectivity index (χ3n) is 4.96. The van der Waals surface area contributed by atoms with E-state index in [0.717, 1.165) is 0 Å². The Bertz CT molecular complexity index is 1090. The maximum atomic E-state index is 12.6. The molecule has 0 saturated heterocycles. The van der Waals surface area contributed by atoms with Crippen LogP contribution in [0.1, 0.15) is 46.1 Å². The van der Waals surface area contributed by atoms with Crippen molar-refractivity contribution < 1.29 is 33.4 Å². The molecule has 0 fully saturated rings. The fourth-order valence-corrected chi connectivity index (χ4v) is 3.43. The molecule has 0 unspecified atom stereocenters. The summed E-state index contributed by atoms with van der Waals surface area (Å²) in [6.07, 6.45) is 1.86. The summed E-state index contributed by atoms with van der Waals surface area (Å²) in [6, 6.07) is 4.06. The Kier molecular flexibility index (Phi) is 8.51. The molecule has 1 aliphatic rings. The van der Waals surface area contributed by atoms with Gasteiger partial charge in [0.1, 0.15) is 17.4 Å². The highest BCUT2D eigenvalue weighted by Crippen LogP contribution is 2.32. The number of hydrogen-bond donors (Lipinski definition) is 4. The molecule has 12 heteroatoms. The van der Waals surface area contributed by atoms with E-state index < -0.39 is 29.8 Å². The van der Waals surface area contributed by atoms with E-state index in [1.54, 1.807) is 52.1 Å². The van der Waals surface area contributed by atoms with Gasteiger partial charge in [-0.05, 0) is 45.4 Å². The number of hydrogen-bond acceptors (Lipinski definition) is 8. The van der Waals surface area contributed by atoms with E-state index in [2.05, 4.69) is 25.9 Å². The van der Waals surface area contributed by atoms with Crippen molar-refractivity contribution in [1.82, 2.24) is 15.3 Å². The summed E-state index contributed by atoms with van der Waals surface area (Å²) in [7, 11) is 0. The second-order valence-electron chi connectivity index (χ2n) is 9.11. The normalized spacial score (nSPS) is 15.6. The zero-order valence-corrected chi connectivity index (χ0v) is 20.7. The lowest BCUT2D eigenvalue weighted by Crippen LogP contribution is -2.45. The van der Waals surface area contributed by atoms with Gasteiger partial charge in [0.25, 0.3) is 5.91 Å². The van der Waals surface area contributed by atoms with Crippen LogP contribution in [0.25, 0.3) is 0 Å². The molecule has 2 atom stereocenters. The van der Waals surface area contributed by atoms with Crippen molar-refractivity contribution in [3.05, 3.63) is 36.2 Å². The van der Waals surface area contributed by atoms with E-state index in [1.165, 1.54) is 6.20 Å². The number of carbonyl (C=O) groups is 4. The number of nitrogens with one attached hydrogen (secondary N) is 4. The third-order valence-corrected chi connectivity index (χ3v) is 4.96. The Morgan fingerprint density at radius 3 is 2.69 bits per heavy atom. The predicted octanol–water partition coefficient (Wildman–Crippen LogP) is 2.53. The minimum absolute atomic E-state index is 0.0593. The number of alkyl carbamates (subject to hydrolysis) is 1. The predicted molar refractivity (Wildman–Crippen MR) is 129 cm³/mol. The highest BCUT2D eigenvalue weighted by atomic mass is 16.6. The number of esters is 1. The molecule has 194 valence electrons. The van der Waals surface area contributed by atoms with Crippen LogP contribution >= 0.6 is 0 Å². The van der Waals surface area contributed by atoms with Crippen LogP contribution in [0, 0.1) is 0 Å². The Morgan fingerprint density at radius 2 is 2.03 bits per heavy atom. The average Bonchev–Trinajstić information content (AvgIpc) is 3.29. The van der Waals surface area contributed by atoms with E-state index in [9.17, 15) is 19.2 Å². The molecule has 1 aliphatic heterocycles. The molecule has 1 aromatic carbocycles. The number of H-pyrrole nitrogens is 1. The number of benzene rings is 1. The van der Waals surface area contributed by atoms with Gasteiger partial charge in [-0.15, -0.1) is 0 Å². The monoisotopic (exact) mass is 501 g/mol. The maximum Gasteiger partial charge on any atom is 0.408 e. The van der Waals surface area contributed by atoms with Crippen LogP contribution in [0.3, 0.4) is 0 Å². The summed E-state index contributed by atoms with van der Waals surface area (Å²) >= 11 is 0. The Hall–Kier alpha value is -4.09. The zero-order valence-electron chi connectivity index (χ0n) is 20.7. The fourth-order valence-electron chi connectivity index (χ4n) is 3.43. The van der Waals surface area contributed by atoms with E-state index in [0.29, 0.717) is 22.9 Å². The zero-order chi connectivity index (χ0) is 26.3. The minimum atomic E-state index is -0.988. The van der Waals surface area contributed by atoms with Crippen LogP contribution in [-0.2, 0) is 30.3 Å². The van der Waals surface area contributed by atoms with Gasteiger partial charge >= 0.3 is 12.1 Å². The highest BCUT2D eigenvalue weighted by molar-refractivity contribution is 5.98. The maximum absolute atomic E-state index is 12.6. The third kappa shape index (κ3) is 7.72. The van der Waals surface area contributed by atoms with Crippen LogP contribution in [0.4, 0.5) is 16.4 Å². The summed E-state index contributed by atoms with van der Waals surface area (Å²) < 4.78 is 16.1. The van der Waals surface area contributed by atoms with Gasteiger partial charge in [0.15, 0.2) is 6.10 Å². The molecule has 0 radical (unpaired) electrons. The molecular formula is C24H31N5O7. The Labute approximate surface area is 208 Å². The van der Waals surface area contributed by atoms with Crippen molar-refractivity contribution in [3.63, 3.8) is 0 Å². The first-order chi connectivity index (χ1) is 17.0. The Balaban J connectivity index is 1.62. The lowest BCUT2D eigenvalue weighted by Gasteiger charge is -2.26. The van der Waals surface area contributed by atoms with Crippen LogP contribution in [-0.4, -0.2) is 58.2 Å². The number of ether oxygens (including phenoxy) is 3. The first-order valence-corrected chi connectivity index (χ1v) is 11.6. The average molecular weight is 502 g/mol. The van der Waals surface area contributed by atoms with Crippen molar-refractivity contribution in [1.29, 1.82) is 0 Å². The Morgan fingerprint density at radius 1 is 1.25 bits per heavy atom. The number of fused-ring (bicyclic) bond motifs is 1. The molecule has 2 aromatic rings. The van der Waals surface area contributed by atoms with Gasteiger partial charge in [-0.2, -0.15) is 0 Å².